The van der Waals surface area contributed by atoms with Crippen LogP contribution >= 0.6 is 11.3 Å². The van der Waals surface area contributed by atoms with E-state index in [-0.39, 0.29) is 0 Å². The molecule has 3 aromatic rings. The number of fused-ring (bicyclic) bond motifs is 3. The molecule has 148 valence electrons. The fourth-order valence-corrected chi connectivity index (χ4v) is 5.22. The van der Waals surface area contributed by atoms with E-state index in [0.29, 0.717) is 0 Å². The van der Waals surface area contributed by atoms with Crippen LogP contribution < -0.4 is 5.32 Å². The number of aryl methyl sites for hydroxylation is 2. The van der Waals surface area contributed by atoms with Gasteiger partial charge in [-0.25, -0.2) is 9.97 Å². The molecule has 0 fully saturated rings. The zero-order valence-electron chi connectivity index (χ0n) is 16.9. The lowest BCUT2D eigenvalue weighted by Gasteiger charge is -2.18. The van der Waals surface area contributed by atoms with Crippen LogP contribution in [0.25, 0.3) is 21.6 Å². The Bertz CT molecular complexity index is 918. The number of aromatic nitrogens is 3. The summed E-state index contributed by atoms with van der Waals surface area (Å²) in [5, 5.41) is 4.91. The summed E-state index contributed by atoms with van der Waals surface area (Å²) in [6, 6.07) is 3.98. The predicted molar refractivity (Wildman–Crippen MR) is 118 cm³/mol. The number of nitrogens with zero attached hydrogens (tertiary/aromatic N) is 4. The maximum atomic E-state index is 4.94. The molecule has 3 heterocycles. The molecule has 0 radical (unpaired) electrons. The van der Waals surface area contributed by atoms with Crippen LogP contribution in [0.2, 0.25) is 0 Å². The number of rotatable bonds is 8. The van der Waals surface area contributed by atoms with Gasteiger partial charge < -0.3 is 10.2 Å². The highest BCUT2D eigenvalue weighted by molar-refractivity contribution is 7.19. The lowest BCUT2D eigenvalue weighted by molar-refractivity contribution is 0.303. The summed E-state index contributed by atoms with van der Waals surface area (Å²) < 4.78 is 0. The van der Waals surface area contributed by atoms with Gasteiger partial charge in [0.15, 0.2) is 5.82 Å². The molecule has 6 heteroatoms. The number of hydrogen-bond acceptors (Lipinski definition) is 6. The minimum absolute atomic E-state index is 0.769. The van der Waals surface area contributed by atoms with Crippen molar-refractivity contribution in [1.82, 2.24) is 19.9 Å². The van der Waals surface area contributed by atoms with Crippen molar-refractivity contribution >= 4 is 27.4 Å². The Morgan fingerprint density at radius 3 is 2.79 bits per heavy atom. The molecule has 0 bridgehead atoms. The zero-order chi connectivity index (χ0) is 19.3. The maximum Gasteiger partial charge on any atom is 0.164 e. The average molecular weight is 396 g/mol. The minimum Gasteiger partial charge on any atom is -0.369 e. The smallest absolute Gasteiger partial charge is 0.164 e. The molecular formula is C22H29N5S. The third-order valence-electron chi connectivity index (χ3n) is 5.57. The Morgan fingerprint density at radius 2 is 2.00 bits per heavy atom. The van der Waals surface area contributed by atoms with Crippen molar-refractivity contribution in [3.63, 3.8) is 0 Å². The molecule has 0 saturated carbocycles. The average Bonchev–Trinajstić information content (AvgIpc) is 3.13. The monoisotopic (exact) mass is 395 g/mol. The molecule has 0 aliphatic heterocycles. The number of pyridine rings is 1. The van der Waals surface area contributed by atoms with Gasteiger partial charge in [-0.05, 0) is 69.4 Å². The van der Waals surface area contributed by atoms with Crippen LogP contribution in [0.4, 0.5) is 5.82 Å². The molecule has 28 heavy (non-hydrogen) atoms. The second-order valence-corrected chi connectivity index (χ2v) is 8.42. The molecule has 5 nitrogen and oxygen atoms in total. The van der Waals surface area contributed by atoms with Crippen molar-refractivity contribution in [2.75, 3.05) is 31.5 Å². The van der Waals surface area contributed by atoms with Gasteiger partial charge in [0.25, 0.3) is 0 Å². The van der Waals surface area contributed by atoms with E-state index in [2.05, 4.69) is 29.0 Å². The first-order chi connectivity index (χ1) is 13.8. The van der Waals surface area contributed by atoms with E-state index >= 15 is 0 Å². The van der Waals surface area contributed by atoms with Crippen LogP contribution in [-0.4, -0.2) is 46.0 Å². The molecule has 0 saturated heterocycles. The van der Waals surface area contributed by atoms with E-state index in [9.17, 15) is 0 Å². The van der Waals surface area contributed by atoms with Crippen molar-refractivity contribution in [2.24, 2.45) is 0 Å². The first-order valence-electron chi connectivity index (χ1n) is 10.5. The van der Waals surface area contributed by atoms with E-state index in [0.717, 1.165) is 61.1 Å². The van der Waals surface area contributed by atoms with E-state index in [1.165, 1.54) is 35.1 Å². The van der Waals surface area contributed by atoms with Crippen molar-refractivity contribution in [3.8, 4) is 11.4 Å². The number of thiophene rings is 1. The predicted octanol–water partition coefficient (Wildman–Crippen LogP) is 4.78. The molecule has 1 aliphatic carbocycles. The van der Waals surface area contributed by atoms with Gasteiger partial charge in [-0.15, -0.1) is 11.3 Å². The minimum atomic E-state index is 0.769. The van der Waals surface area contributed by atoms with Gasteiger partial charge in [0.05, 0.1) is 5.39 Å². The molecule has 0 aromatic carbocycles. The number of hydrogen-bond donors (Lipinski definition) is 1. The summed E-state index contributed by atoms with van der Waals surface area (Å²) >= 11 is 1.85. The van der Waals surface area contributed by atoms with E-state index < -0.39 is 0 Å². The van der Waals surface area contributed by atoms with Gasteiger partial charge in [0, 0.05) is 29.4 Å². The summed E-state index contributed by atoms with van der Waals surface area (Å²) in [6.07, 6.45) is 9.64. The Labute approximate surface area is 171 Å². The maximum absolute atomic E-state index is 4.94. The number of anilines is 1. The highest BCUT2D eigenvalue weighted by Gasteiger charge is 2.21. The first-order valence-corrected chi connectivity index (χ1v) is 11.3. The molecule has 4 rings (SSSR count). The van der Waals surface area contributed by atoms with E-state index in [1.807, 2.05) is 29.7 Å². The van der Waals surface area contributed by atoms with Crippen molar-refractivity contribution in [2.45, 2.75) is 46.0 Å². The summed E-state index contributed by atoms with van der Waals surface area (Å²) in [6.45, 7) is 8.71. The summed E-state index contributed by atoms with van der Waals surface area (Å²) in [7, 11) is 0. The second-order valence-electron chi connectivity index (χ2n) is 7.34. The highest BCUT2D eigenvalue weighted by Crippen LogP contribution is 2.39. The standard InChI is InChI=1S/C22H29N5S/c1-3-27(4-2)14-8-13-24-21-19-17-10-5-6-11-18(17)28-22(19)26-20(25-21)16-9-7-12-23-15-16/h7,9,12,15H,3-6,8,10-11,13-14H2,1-2H3,(H,24,25,26). The quantitative estimate of drug-likeness (QED) is 0.557. The van der Waals surface area contributed by atoms with Crippen molar-refractivity contribution in [1.29, 1.82) is 0 Å². The highest BCUT2D eigenvalue weighted by atomic mass is 32.1. The van der Waals surface area contributed by atoms with Crippen LogP contribution in [0.1, 0.15) is 43.6 Å². The Balaban J connectivity index is 1.65. The van der Waals surface area contributed by atoms with Gasteiger partial charge in [-0.2, -0.15) is 0 Å². The van der Waals surface area contributed by atoms with Crippen molar-refractivity contribution in [3.05, 3.63) is 35.0 Å². The second kappa shape index (κ2) is 8.97. The molecule has 1 N–H and O–H groups in total. The Hall–Kier alpha value is -2.05. The van der Waals surface area contributed by atoms with Gasteiger partial charge in [-0.3, -0.25) is 4.98 Å². The SMILES string of the molecule is CCN(CC)CCCNc1nc(-c2cccnc2)nc2sc3c(c12)CCCC3. The Kier molecular flexibility index (Phi) is 6.17. The van der Waals surface area contributed by atoms with E-state index in [1.54, 1.807) is 6.20 Å². The fourth-order valence-electron chi connectivity index (χ4n) is 3.96. The van der Waals surface area contributed by atoms with Crippen molar-refractivity contribution < 1.29 is 0 Å². The number of nitrogens with one attached hydrogen (secondary N) is 1. The first kappa shape index (κ1) is 19.3. The molecule has 0 spiro atoms. The topological polar surface area (TPSA) is 53.9 Å². The van der Waals surface area contributed by atoms with Crippen LogP contribution in [0.5, 0.6) is 0 Å². The molecule has 3 aromatic heterocycles. The fraction of sp³-hybridized carbons (Fsp3) is 0.500. The zero-order valence-corrected chi connectivity index (χ0v) is 17.7. The molecule has 1 aliphatic rings. The Morgan fingerprint density at radius 1 is 1.14 bits per heavy atom. The largest absolute Gasteiger partial charge is 0.369 e. The summed E-state index contributed by atoms with van der Waals surface area (Å²) in [5.41, 5.74) is 2.46. The van der Waals surface area contributed by atoms with Crippen LogP contribution in [0.15, 0.2) is 24.5 Å². The van der Waals surface area contributed by atoms with Gasteiger partial charge >= 0.3 is 0 Å². The molecule has 0 unspecified atom stereocenters. The van der Waals surface area contributed by atoms with E-state index in [4.69, 9.17) is 9.97 Å². The van der Waals surface area contributed by atoms with Crippen LogP contribution in [0.3, 0.4) is 0 Å². The van der Waals surface area contributed by atoms with Gasteiger partial charge in [-0.1, -0.05) is 13.8 Å². The third kappa shape index (κ3) is 4.03. The lowest BCUT2D eigenvalue weighted by atomic mass is 9.97. The molecular weight excluding hydrogens is 366 g/mol. The van der Waals surface area contributed by atoms with Gasteiger partial charge in [0.1, 0.15) is 10.6 Å². The molecule has 0 amide bonds. The van der Waals surface area contributed by atoms with Crippen LogP contribution in [-0.2, 0) is 12.8 Å². The van der Waals surface area contributed by atoms with Crippen LogP contribution in [0, 0.1) is 0 Å². The lowest BCUT2D eigenvalue weighted by Crippen LogP contribution is -2.25. The summed E-state index contributed by atoms with van der Waals surface area (Å²) in [5.74, 6) is 1.77. The third-order valence-corrected chi connectivity index (χ3v) is 6.76. The summed E-state index contributed by atoms with van der Waals surface area (Å²) in [4.78, 5) is 19.2. The molecule has 0 atom stereocenters. The normalized spacial score (nSPS) is 13.8. The van der Waals surface area contributed by atoms with Gasteiger partial charge in [0.2, 0.25) is 0 Å².